The van der Waals surface area contributed by atoms with Crippen LogP contribution in [0.15, 0.2) is 42.5 Å². The Bertz CT molecular complexity index is 624. The summed E-state index contributed by atoms with van der Waals surface area (Å²) in [4.78, 5) is 2.22. The minimum absolute atomic E-state index is 0.130. The minimum atomic E-state index is -0.130. The zero-order valence-electron chi connectivity index (χ0n) is 11.6. The van der Waals surface area contributed by atoms with Crippen molar-refractivity contribution < 1.29 is 4.39 Å². The van der Waals surface area contributed by atoms with Gasteiger partial charge in [-0.3, -0.25) is 4.90 Å². The average molecular weight is 270 g/mol. The summed E-state index contributed by atoms with van der Waals surface area (Å²) in [5.74, 6) is -0.130. The van der Waals surface area contributed by atoms with Gasteiger partial charge < -0.3 is 5.73 Å². The van der Waals surface area contributed by atoms with E-state index in [-0.39, 0.29) is 5.82 Å². The molecule has 3 rings (SSSR count). The van der Waals surface area contributed by atoms with E-state index in [4.69, 9.17) is 5.73 Å². The van der Waals surface area contributed by atoms with Crippen molar-refractivity contribution in [3.8, 4) is 0 Å². The summed E-state index contributed by atoms with van der Waals surface area (Å²) in [6, 6.07) is 13.5. The van der Waals surface area contributed by atoms with Crippen LogP contribution in [0, 0.1) is 5.82 Å². The molecule has 2 nitrogen and oxygen atoms in total. The molecule has 2 aromatic rings. The third-order valence-electron chi connectivity index (χ3n) is 4.12. The van der Waals surface area contributed by atoms with Crippen molar-refractivity contribution in [1.82, 2.24) is 4.90 Å². The second-order valence-corrected chi connectivity index (χ2v) is 5.52. The predicted octanol–water partition coefficient (Wildman–Crippen LogP) is 3.53. The number of rotatable bonds is 3. The van der Waals surface area contributed by atoms with E-state index in [0.29, 0.717) is 12.6 Å². The Morgan fingerprint density at radius 3 is 2.85 bits per heavy atom. The first-order chi connectivity index (χ1) is 9.65. The molecule has 1 aliphatic rings. The second kappa shape index (κ2) is 5.25. The lowest BCUT2D eigenvalue weighted by Crippen LogP contribution is -2.23. The second-order valence-electron chi connectivity index (χ2n) is 5.52. The molecule has 0 amide bonds. The van der Waals surface area contributed by atoms with Crippen LogP contribution in [0.4, 0.5) is 10.1 Å². The topological polar surface area (TPSA) is 29.3 Å². The van der Waals surface area contributed by atoms with Crippen molar-refractivity contribution >= 4 is 5.69 Å². The van der Waals surface area contributed by atoms with E-state index < -0.39 is 0 Å². The SMILES string of the molecule is CN(Cc1ccccc1F)C1CCc2cc(N)ccc21. The fourth-order valence-corrected chi connectivity index (χ4v) is 3.08. The summed E-state index contributed by atoms with van der Waals surface area (Å²) in [7, 11) is 2.06. The zero-order valence-corrected chi connectivity index (χ0v) is 11.6. The zero-order chi connectivity index (χ0) is 14.1. The number of nitrogen functional groups attached to an aromatic ring is 1. The van der Waals surface area contributed by atoms with Gasteiger partial charge >= 0.3 is 0 Å². The van der Waals surface area contributed by atoms with E-state index in [0.717, 1.165) is 24.1 Å². The number of benzene rings is 2. The highest BCUT2D eigenvalue weighted by molar-refractivity contribution is 5.47. The number of fused-ring (bicyclic) bond motifs is 1. The maximum Gasteiger partial charge on any atom is 0.127 e. The number of nitrogens with two attached hydrogens (primary N) is 1. The van der Waals surface area contributed by atoms with Gasteiger partial charge in [-0.15, -0.1) is 0 Å². The molecule has 0 saturated carbocycles. The Balaban J connectivity index is 1.80. The average Bonchev–Trinajstić information content (AvgIpc) is 2.84. The van der Waals surface area contributed by atoms with Gasteiger partial charge in [-0.05, 0) is 49.2 Å². The molecule has 0 fully saturated rings. The normalized spacial score (nSPS) is 17.4. The van der Waals surface area contributed by atoms with E-state index in [1.165, 1.54) is 17.2 Å². The first-order valence-corrected chi connectivity index (χ1v) is 6.97. The molecule has 0 aromatic heterocycles. The van der Waals surface area contributed by atoms with Gasteiger partial charge in [-0.1, -0.05) is 24.3 Å². The molecule has 0 bridgehead atoms. The molecule has 2 N–H and O–H groups in total. The molecule has 0 radical (unpaired) electrons. The standard InChI is InChI=1S/C17H19FN2/c1-20(11-13-4-2-3-5-16(13)18)17-9-6-12-10-14(19)7-8-15(12)17/h2-5,7-8,10,17H,6,9,11,19H2,1H3. The fourth-order valence-electron chi connectivity index (χ4n) is 3.08. The number of hydrogen-bond donors (Lipinski definition) is 1. The van der Waals surface area contributed by atoms with Crippen molar-refractivity contribution in [1.29, 1.82) is 0 Å². The number of halogens is 1. The molecule has 104 valence electrons. The molecule has 1 aliphatic carbocycles. The molecule has 1 atom stereocenters. The highest BCUT2D eigenvalue weighted by Crippen LogP contribution is 2.36. The fraction of sp³-hybridized carbons (Fsp3) is 0.294. The van der Waals surface area contributed by atoms with E-state index in [9.17, 15) is 4.39 Å². The summed E-state index contributed by atoms with van der Waals surface area (Å²) in [5.41, 5.74) is 10.1. The van der Waals surface area contributed by atoms with Gasteiger partial charge in [0.1, 0.15) is 5.82 Å². The third kappa shape index (κ3) is 2.41. The number of nitrogens with zero attached hydrogens (tertiary/aromatic N) is 1. The third-order valence-corrected chi connectivity index (χ3v) is 4.12. The minimum Gasteiger partial charge on any atom is -0.399 e. The summed E-state index contributed by atoms with van der Waals surface area (Å²) in [6.07, 6.45) is 2.12. The van der Waals surface area contributed by atoms with Crippen LogP contribution in [-0.4, -0.2) is 11.9 Å². The number of aryl methyl sites for hydroxylation is 1. The van der Waals surface area contributed by atoms with Gasteiger partial charge in [0, 0.05) is 23.8 Å². The van der Waals surface area contributed by atoms with Gasteiger partial charge in [-0.2, -0.15) is 0 Å². The van der Waals surface area contributed by atoms with Crippen molar-refractivity contribution in [2.24, 2.45) is 0 Å². The Labute approximate surface area is 119 Å². The van der Waals surface area contributed by atoms with Gasteiger partial charge in [0.2, 0.25) is 0 Å². The molecule has 0 aliphatic heterocycles. The molecule has 0 heterocycles. The Hall–Kier alpha value is -1.87. The Morgan fingerprint density at radius 2 is 2.05 bits per heavy atom. The summed E-state index contributed by atoms with van der Waals surface area (Å²) >= 11 is 0. The van der Waals surface area contributed by atoms with Crippen molar-refractivity contribution in [3.63, 3.8) is 0 Å². The molecule has 1 unspecified atom stereocenters. The lowest BCUT2D eigenvalue weighted by atomic mass is 10.1. The number of hydrogen-bond acceptors (Lipinski definition) is 2. The van der Waals surface area contributed by atoms with Gasteiger partial charge in [0.05, 0.1) is 0 Å². The molecule has 3 heteroatoms. The summed E-state index contributed by atoms with van der Waals surface area (Å²) < 4.78 is 13.7. The molecule has 20 heavy (non-hydrogen) atoms. The van der Waals surface area contributed by atoms with Crippen molar-refractivity contribution in [3.05, 3.63) is 65.0 Å². The maximum absolute atomic E-state index is 13.7. The Kier molecular flexibility index (Phi) is 3.45. The van der Waals surface area contributed by atoms with Crippen molar-refractivity contribution in [2.45, 2.75) is 25.4 Å². The molecule has 0 spiro atoms. The van der Waals surface area contributed by atoms with Crippen molar-refractivity contribution in [2.75, 3.05) is 12.8 Å². The first-order valence-electron chi connectivity index (χ1n) is 6.97. The smallest absolute Gasteiger partial charge is 0.127 e. The molecular formula is C17H19FN2. The lowest BCUT2D eigenvalue weighted by molar-refractivity contribution is 0.233. The number of anilines is 1. The summed E-state index contributed by atoms with van der Waals surface area (Å²) in [6.45, 7) is 0.626. The Morgan fingerprint density at radius 1 is 1.25 bits per heavy atom. The quantitative estimate of drug-likeness (QED) is 0.865. The molecular weight excluding hydrogens is 251 g/mol. The van der Waals surface area contributed by atoms with Crippen LogP contribution >= 0.6 is 0 Å². The predicted molar refractivity (Wildman–Crippen MR) is 79.8 cm³/mol. The monoisotopic (exact) mass is 270 g/mol. The van der Waals surface area contributed by atoms with E-state index in [1.807, 2.05) is 18.2 Å². The van der Waals surface area contributed by atoms with E-state index >= 15 is 0 Å². The largest absolute Gasteiger partial charge is 0.399 e. The van der Waals surface area contributed by atoms with Crippen LogP contribution in [0.1, 0.15) is 29.2 Å². The van der Waals surface area contributed by atoms with E-state index in [2.05, 4.69) is 24.1 Å². The van der Waals surface area contributed by atoms with Crippen LogP contribution in [0.2, 0.25) is 0 Å². The first kappa shape index (κ1) is 13.1. The highest BCUT2D eigenvalue weighted by atomic mass is 19.1. The van der Waals surface area contributed by atoms with E-state index in [1.54, 1.807) is 6.07 Å². The van der Waals surface area contributed by atoms with Crippen LogP contribution in [0.25, 0.3) is 0 Å². The molecule has 0 saturated heterocycles. The van der Waals surface area contributed by atoms with Gasteiger partial charge in [0.25, 0.3) is 0 Å². The van der Waals surface area contributed by atoms with Crippen LogP contribution in [-0.2, 0) is 13.0 Å². The van der Waals surface area contributed by atoms with Crippen LogP contribution < -0.4 is 5.73 Å². The summed E-state index contributed by atoms with van der Waals surface area (Å²) in [5, 5.41) is 0. The van der Waals surface area contributed by atoms with Crippen LogP contribution in [0.5, 0.6) is 0 Å². The lowest BCUT2D eigenvalue weighted by Gasteiger charge is -2.25. The highest BCUT2D eigenvalue weighted by Gasteiger charge is 2.26. The van der Waals surface area contributed by atoms with Crippen LogP contribution in [0.3, 0.4) is 0 Å². The van der Waals surface area contributed by atoms with Gasteiger partial charge in [-0.25, -0.2) is 4.39 Å². The van der Waals surface area contributed by atoms with Gasteiger partial charge in [0.15, 0.2) is 0 Å². The maximum atomic E-state index is 13.7. The molecule has 2 aromatic carbocycles.